The van der Waals surface area contributed by atoms with Gasteiger partial charge in [-0.1, -0.05) is 18.2 Å². The van der Waals surface area contributed by atoms with Crippen molar-refractivity contribution in [1.82, 2.24) is 25.1 Å². The Kier molecular flexibility index (Phi) is 4.12. The average molecular weight is 455 g/mol. The van der Waals surface area contributed by atoms with Crippen LogP contribution in [0, 0.1) is 0 Å². The molecule has 0 aliphatic carbocycles. The van der Waals surface area contributed by atoms with Crippen molar-refractivity contribution in [3.8, 4) is 11.1 Å². The molecule has 2 aromatic heterocycles. The number of nitrogens with zero attached hydrogens (tertiary/aromatic N) is 3. The average Bonchev–Trinajstić information content (AvgIpc) is 3.18. The van der Waals surface area contributed by atoms with Gasteiger partial charge in [-0.25, -0.2) is 4.98 Å². The number of fused-ring (bicyclic) bond motifs is 1. The third kappa shape index (κ3) is 3.47. The molecule has 4 rings (SSSR count). The van der Waals surface area contributed by atoms with E-state index in [4.69, 9.17) is 4.11 Å². The molecule has 0 aliphatic heterocycles. The number of aromatic nitrogens is 4. The first-order chi connectivity index (χ1) is 15.1. The van der Waals surface area contributed by atoms with E-state index in [1.54, 1.807) is 30.5 Å². The molecule has 1 atom stereocenters. The van der Waals surface area contributed by atoms with Gasteiger partial charge in [-0.3, -0.25) is 19.3 Å². The molecule has 0 aliphatic rings. The van der Waals surface area contributed by atoms with Crippen LogP contribution in [0.15, 0.2) is 64.4 Å². The SMILES string of the molecule is [2H]C([2H])([2H])NC(=O)c1cccc([C@@H](C)n2cnc3cc(-c4cn[nH]c4Br)ccc3c2=O)c1. The molecule has 2 aromatic carbocycles. The highest BCUT2D eigenvalue weighted by molar-refractivity contribution is 9.10. The zero-order valence-electron chi connectivity index (χ0n) is 18.3. The lowest BCUT2D eigenvalue weighted by molar-refractivity contribution is 0.0963. The van der Waals surface area contributed by atoms with Crippen LogP contribution in [-0.4, -0.2) is 32.6 Å². The topological polar surface area (TPSA) is 92.7 Å². The minimum Gasteiger partial charge on any atom is -0.355 e. The van der Waals surface area contributed by atoms with Crippen molar-refractivity contribution < 1.29 is 8.91 Å². The minimum absolute atomic E-state index is 0.197. The fourth-order valence-corrected chi connectivity index (χ4v) is 3.66. The van der Waals surface area contributed by atoms with E-state index in [0.29, 0.717) is 16.5 Å². The molecule has 0 saturated carbocycles. The zero-order chi connectivity index (χ0) is 23.0. The molecule has 0 fully saturated rings. The summed E-state index contributed by atoms with van der Waals surface area (Å²) in [6.07, 6.45) is 3.16. The Balaban J connectivity index is 1.69. The number of hydrogen-bond donors (Lipinski definition) is 2. The van der Waals surface area contributed by atoms with Crippen molar-refractivity contribution in [3.63, 3.8) is 0 Å². The fourth-order valence-electron chi connectivity index (χ4n) is 3.22. The van der Waals surface area contributed by atoms with E-state index >= 15 is 0 Å². The van der Waals surface area contributed by atoms with Crippen LogP contribution in [0.25, 0.3) is 22.0 Å². The van der Waals surface area contributed by atoms with Gasteiger partial charge in [0.05, 0.1) is 29.5 Å². The number of aromatic amines is 1. The Morgan fingerprint density at radius 2 is 2.17 bits per heavy atom. The normalized spacial score (nSPS) is 14.1. The largest absolute Gasteiger partial charge is 0.355 e. The number of amides is 1. The number of hydrogen-bond acceptors (Lipinski definition) is 4. The minimum atomic E-state index is -2.58. The van der Waals surface area contributed by atoms with Gasteiger partial charge in [-0.05, 0) is 58.2 Å². The second kappa shape index (κ2) is 7.63. The van der Waals surface area contributed by atoms with Crippen molar-refractivity contribution in [1.29, 1.82) is 0 Å². The second-order valence-corrected chi connectivity index (χ2v) is 7.34. The van der Waals surface area contributed by atoms with Crippen molar-refractivity contribution in [3.05, 3.63) is 81.1 Å². The quantitative estimate of drug-likeness (QED) is 0.493. The number of carbonyl (C=O) groups is 1. The van der Waals surface area contributed by atoms with Gasteiger partial charge >= 0.3 is 0 Å². The lowest BCUT2D eigenvalue weighted by Gasteiger charge is -2.16. The van der Waals surface area contributed by atoms with Gasteiger partial charge in [0.15, 0.2) is 0 Å². The molecule has 146 valence electrons. The van der Waals surface area contributed by atoms with Gasteiger partial charge in [-0.15, -0.1) is 0 Å². The second-order valence-electron chi connectivity index (χ2n) is 6.54. The van der Waals surface area contributed by atoms with Gasteiger partial charge in [-0.2, -0.15) is 5.10 Å². The third-order valence-electron chi connectivity index (χ3n) is 4.85. The fraction of sp³-hybridized carbons (Fsp3) is 0.143. The van der Waals surface area contributed by atoms with Crippen LogP contribution in [0.5, 0.6) is 0 Å². The molecule has 29 heavy (non-hydrogen) atoms. The molecule has 7 nitrogen and oxygen atoms in total. The number of benzene rings is 2. The van der Waals surface area contributed by atoms with Gasteiger partial charge in [0, 0.05) is 22.2 Å². The molecule has 0 radical (unpaired) electrons. The Morgan fingerprint density at radius 1 is 1.31 bits per heavy atom. The first-order valence-corrected chi connectivity index (χ1v) is 9.56. The molecule has 1 amide bonds. The molecular formula is C21H18BrN5O2. The highest BCUT2D eigenvalue weighted by Crippen LogP contribution is 2.28. The first-order valence-electron chi connectivity index (χ1n) is 10.3. The van der Waals surface area contributed by atoms with Gasteiger partial charge < -0.3 is 5.32 Å². The van der Waals surface area contributed by atoms with Crippen LogP contribution in [0.2, 0.25) is 0 Å². The Bertz CT molecular complexity index is 1380. The smallest absolute Gasteiger partial charge is 0.261 e. The van der Waals surface area contributed by atoms with E-state index in [-0.39, 0.29) is 11.1 Å². The van der Waals surface area contributed by atoms with Crippen LogP contribution in [0.3, 0.4) is 0 Å². The summed E-state index contributed by atoms with van der Waals surface area (Å²) in [6.45, 7) is -0.768. The molecule has 2 N–H and O–H groups in total. The maximum Gasteiger partial charge on any atom is 0.261 e. The molecule has 0 bridgehead atoms. The lowest BCUT2D eigenvalue weighted by atomic mass is 10.0. The summed E-state index contributed by atoms with van der Waals surface area (Å²) >= 11 is 3.41. The van der Waals surface area contributed by atoms with E-state index in [2.05, 4.69) is 31.1 Å². The predicted octanol–water partition coefficient (Wildman–Crippen LogP) is 3.52. The molecule has 4 aromatic rings. The van der Waals surface area contributed by atoms with Crippen LogP contribution in [0.1, 0.15) is 33.0 Å². The van der Waals surface area contributed by atoms with E-state index in [1.807, 2.05) is 24.4 Å². The third-order valence-corrected chi connectivity index (χ3v) is 5.45. The van der Waals surface area contributed by atoms with Crippen LogP contribution < -0.4 is 10.9 Å². The summed E-state index contributed by atoms with van der Waals surface area (Å²) in [5.41, 5.74) is 2.92. The standard InChI is InChI=1S/C21H18BrN5O2/c1-12(13-4-3-5-15(8-13)20(28)23-2)27-11-24-18-9-14(6-7-16(18)21(27)29)17-10-25-26-19(17)22/h3-12H,1-2H3,(H,23,28)(H,25,26)/t12-/m1/s1/i2D3. The maximum atomic E-state index is 13.2. The number of H-pyrrole nitrogens is 1. The summed E-state index contributed by atoms with van der Waals surface area (Å²) in [7, 11) is 0. The van der Waals surface area contributed by atoms with E-state index in [9.17, 15) is 9.59 Å². The predicted molar refractivity (Wildman–Crippen MR) is 115 cm³/mol. The highest BCUT2D eigenvalue weighted by atomic mass is 79.9. The van der Waals surface area contributed by atoms with E-state index in [0.717, 1.165) is 15.7 Å². The molecule has 0 spiro atoms. The van der Waals surface area contributed by atoms with Gasteiger partial charge in [0.25, 0.3) is 11.5 Å². The summed E-state index contributed by atoms with van der Waals surface area (Å²) in [4.78, 5) is 29.8. The van der Waals surface area contributed by atoms with Crippen molar-refractivity contribution in [2.24, 2.45) is 0 Å². The van der Waals surface area contributed by atoms with Crippen molar-refractivity contribution >= 4 is 32.7 Å². The Morgan fingerprint density at radius 3 is 2.93 bits per heavy atom. The van der Waals surface area contributed by atoms with Crippen LogP contribution in [0.4, 0.5) is 0 Å². The number of carbonyl (C=O) groups excluding carboxylic acids is 1. The molecule has 2 heterocycles. The van der Waals surface area contributed by atoms with E-state index < -0.39 is 18.9 Å². The molecule has 8 heteroatoms. The number of nitrogens with one attached hydrogen (secondary N) is 2. The molecular weight excluding hydrogens is 434 g/mol. The Labute approximate surface area is 179 Å². The summed E-state index contributed by atoms with van der Waals surface area (Å²) in [5, 5.41) is 9.23. The van der Waals surface area contributed by atoms with Crippen molar-refractivity contribution in [2.75, 3.05) is 6.98 Å². The first kappa shape index (κ1) is 15.6. The number of rotatable bonds is 4. The number of halogens is 1. The zero-order valence-corrected chi connectivity index (χ0v) is 16.9. The van der Waals surface area contributed by atoms with Gasteiger partial charge in [0.2, 0.25) is 0 Å². The van der Waals surface area contributed by atoms with E-state index in [1.165, 1.54) is 17.0 Å². The van der Waals surface area contributed by atoms with Gasteiger partial charge in [0.1, 0.15) is 4.60 Å². The van der Waals surface area contributed by atoms with Crippen molar-refractivity contribution in [2.45, 2.75) is 13.0 Å². The molecule has 0 saturated heterocycles. The summed E-state index contributed by atoms with van der Waals surface area (Å²) < 4.78 is 23.8. The monoisotopic (exact) mass is 454 g/mol. The summed E-state index contributed by atoms with van der Waals surface area (Å²) in [6, 6.07) is 11.5. The van der Waals surface area contributed by atoms with Crippen LogP contribution in [-0.2, 0) is 0 Å². The highest BCUT2D eigenvalue weighted by Gasteiger charge is 2.15. The molecule has 0 unspecified atom stereocenters. The lowest BCUT2D eigenvalue weighted by Crippen LogP contribution is -2.25. The maximum absolute atomic E-state index is 13.2. The summed E-state index contributed by atoms with van der Waals surface area (Å²) in [5.74, 6) is -0.707. The van der Waals surface area contributed by atoms with Crippen LogP contribution >= 0.6 is 15.9 Å². The Hall–Kier alpha value is -3.26.